The van der Waals surface area contributed by atoms with Gasteiger partial charge in [-0.05, 0) is 47.4 Å². The van der Waals surface area contributed by atoms with E-state index in [4.69, 9.17) is 9.52 Å². The highest BCUT2D eigenvalue weighted by Gasteiger charge is 2.45. The van der Waals surface area contributed by atoms with Crippen LogP contribution in [0.5, 0.6) is 0 Å². The molecule has 2 N–H and O–H groups in total. The van der Waals surface area contributed by atoms with Gasteiger partial charge in [0.1, 0.15) is 5.58 Å². The third-order valence-electron chi connectivity index (χ3n) is 6.38. The Kier molecular flexibility index (Phi) is 5.90. The van der Waals surface area contributed by atoms with Crippen LogP contribution < -0.4 is 4.90 Å². The van der Waals surface area contributed by atoms with Gasteiger partial charge in [-0.3, -0.25) is 19.3 Å². The number of nitrogens with zero attached hydrogens (tertiary/aromatic N) is 1. The molecule has 7 nitrogen and oxygen atoms in total. The van der Waals surface area contributed by atoms with Gasteiger partial charge in [0, 0.05) is 11.1 Å². The molecule has 0 saturated carbocycles. The second kappa shape index (κ2) is 9.19. The molecule has 0 spiro atoms. The Morgan fingerprint density at radius 1 is 0.944 bits per heavy atom. The number of aliphatic hydroxyl groups excluding tert-OH is 1. The lowest BCUT2D eigenvalue weighted by molar-refractivity contribution is -0.136. The predicted octanol–water partition coefficient (Wildman–Crippen LogP) is 5.41. The number of aliphatic hydroxyl groups is 1. The summed E-state index contributed by atoms with van der Waals surface area (Å²) in [7, 11) is 0. The third-order valence-corrected chi connectivity index (χ3v) is 6.38. The minimum absolute atomic E-state index is 0.0272. The van der Waals surface area contributed by atoms with Gasteiger partial charge in [0.25, 0.3) is 5.91 Å². The van der Waals surface area contributed by atoms with E-state index < -0.39 is 29.5 Å². The summed E-state index contributed by atoms with van der Waals surface area (Å²) < 4.78 is 5.76. The molecule has 180 valence electrons. The number of rotatable bonds is 7. The van der Waals surface area contributed by atoms with Crippen LogP contribution in [0.4, 0.5) is 5.69 Å². The molecule has 2 heterocycles. The summed E-state index contributed by atoms with van der Waals surface area (Å²) >= 11 is 0. The number of benzene rings is 3. The second-order valence-electron chi connectivity index (χ2n) is 8.65. The second-order valence-corrected chi connectivity index (χ2v) is 8.65. The molecule has 7 heteroatoms. The molecule has 0 saturated heterocycles. The van der Waals surface area contributed by atoms with Crippen LogP contribution in [0.2, 0.25) is 0 Å². The van der Waals surface area contributed by atoms with Gasteiger partial charge in [0.15, 0.2) is 11.5 Å². The van der Waals surface area contributed by atoms with Crippen molar-refractivity contribution >= 4 is 34.3 Å². The monoisotopic (exact) mass is 481 g/mol. The topological polar surface area (TPSA) is 108 Å². The number of fused-ring (bicyclic) bond motifs is 1. The smallest absolute Gasteiger partial charge is 0.307 e. The van der Waals surface area contributed by atoms with Crippen molar-refractivity contribution in [2.45, 2.75) is 25.8 Å². The van der Waals surface area contributed by atoms with Crippen molar-refractivity contribution in [2.24, 2.45) is 0 Å². The Morgan fingerprint density at radius 2 is 1.61 bits per heavy atom. The molecule has 0 radical (unpaired) electrons. The Balaban J connectivity index is 1.60. The SMILES string of the molecule is CCc1ccc(C2C(C(=O)c3cc4ccccc4o3)=C(O)C(=O)N2c2ccc(CC(=O)O)cc2)cc1. The van der Waals surface area contributed by atoms with Crippen molar-refractivity contribution in [3.05, 3.63) is 113 Å². The Morgan fingerprint density at radius 3 is 2.25 bits per heavy atom. The number of furan rings is 1. The highest BCUT2D eigenvalue weighted by Crippen LogP contribution is 2.42. The number of aryl methyl sites for hydroxylation is 1. The number of carboxylic acid groups (broad SMARTS) is 1. The van der Waals surface area contributed by atoms with E-state index in [9.17, 15) is 19.5 Å². The van der Waals surface area contributed by atoms with Crippen molar-refractivity contribution < 1.29 is 29.0 Å². The van der Waals surface area contributed by atoms with E-state index in [2.05, 4.69) is 0 Å². The quantitative estimate of drug-likeness (QED) is 0.342. The van der Waals surface area contributed by atoms with Crippen LogP contribution in [0.3, 0.4) is 0 Å². The van der Waals surface area contributed by atoms with Crippen molar-refractivity contribution in [2.75, 3.05) is 4.90 Å². The van der Waals surface area contributed by atoms with E-state index in [1.165, 1.54) is 4.90 Å². The zero-order chi connectivity index (χ0) is 25.4. The summed E-state index contributed by atoms with van der Waals surface area (Å²) in [4.78, 5) is 39.4. The van der Waals surface area contributed by atoms with Crippen LogP contribution in [-0.4, -0.2) is 27.9 Å². The lowest BCUT2D eigenvalue weighted by Gasteiger charge is -2.27. The van der Waals surface area contributed by atoms with Gasteiger partial charge in [-0.15, -0.1) is 0 Å². The molecule has 1 aliphatic heterocycles. The van der Waals surface area contributed by atoms with Crippen LogP contribution >= 0.6 is 0 Å². The number of carbonyl (C=O) groups excluding carboxylic acids is 2. The molecule has 0 aliphatic carbocycles. The Labute approximate surface area is 206 Å². The Hall–Kier alpha value is -4.65. The summed E-state index contributed by atoms with van der Waals surface area (Å²) in [6, 6.07) is 21.9. The highest BCUT2D eigenvalue weighted by molar-refractivity contribution is 6.20. The van der Waals surface area contributed by atoms with Crippen molar-refractivity contribution in [1.29, 1.82) is 0 Å². The molecule has 0 bridgehead atoms. The van der Waals surface area contributed by atoms with Crippen molar-refractivity contribution in [1.82, 2.24) is 0 Å². The van der Waals surface area contributed by atoms with Crippen LogP contribution in [0.15, 0.2) is 94.6 Å². The largest absolute Gasteiger partial charge is 0.503 e. The summed E-state index contributed by atoms with van der Waals surface area (Å²) in [5.74, 6) is -2.87. The number of ketones is 1. The lowest BCUT2D eigenvalue weighted by Crippen LogP contribution is -2.31. The van der Waals surface area contributed by atoms with E-state index in [-0.39, 0.29) is 17.8 Å². The van der Waals surface area contributed by atoms with E-state index in [1.54, 1.807) is 42.5 Å². The van der Waals surface area contributed by atoms with Gasteiger partial charge < -0.3 is 14.6 Å². The zero-order valence-corrected chi connectivity index (χ0v) is 19.5. The van der Waals surface area contributed by atoms with Gasteiger partial charge >= 0.3 is 5.97 Å². The molecular weight excluding hydrogens is 458 g/mol. The average molecular weight is 482 g/mol. The highest BCUT2D eigenvalue weighted by atomic mass is 16.4. The van der Waals surface area contributed by atoms with E-state index >= 15 is 0 Å². The maximum atomic E-state index is 13.7. The molecule has 4 aromatic rings. The summed E-state index contributed by atoms with van der Waals surface area (Å²) in [6.07, 6.45) is 0.667. The number of hydrogen-bond donors (Lipinski definition) is 2. The predicted molar refractivity (Wildman–Crippen MR) is 134 cm³/mol. The van der Waals surface area contributed by atoms with Gasteiger partial charge in [-0.1, -0.05) is 61.5 Å². The van der Waals surface area contributed by atoms with Crippen LogP contribution in [0.1, 0.15) is 40.2 Å². The van der Waals surface area contributed by atoms with Crippen molar-refractivity contribution in [3.8, 4) is 0 Å². The van der Waals surface area contributed by atoms with Gasteiger partial charge in [0.2, 0.25) is 5.78 Å². The fourth-order valence-corrected chi connectivity index (χ4v) is 4.53. The number of hydrogen-bond acceptors (Lipinski definition) is 5. The van der Waals surface area contributed by atoms with E-state index in [0.29, 0.717) is 22.4 Å². The van der Waals surface area contributed by atoms with Crippen LogP contribution in [-0.2, 0) is 22.4 Å². The first kappa shape index (κ1) is 23.1. The van der Waals surface area contributed by atoms with Gasteiger partial charge in [0.05, 0.1) is 18.0 Å². The molecule has 36 heavy (non-hydrogen) atoms. The zero-order valence-electron chi connectivity index (χ0n) is 19.5. The third kappa shape index (κ3) is 4.05. The Bertz CT molecular complexity index is 1480. The standard InChI is InChI=1S/C29H23NO6/c1-2-17-7-11-19(12-8-17)26-25(27(33)23-16-20-5-3-4-6-22(20)36-23)28(34)29(35)30(26)21-13-9-18(10-14-21)15-24(31)32/h3-14,16,26,34H,2,15H2,1H3,(H,31,32). The van der Waals surface area contributed by atoms with Crippen LogP contribution in [0.25, 0.3) is 11.0 Å². The lowest BCUT2D eigenvalue weighted by atomic mass is 9.93. The number of carbonyl (C=O) groups is 3. The minimum Gasteiger partial charge on any atom is -0.503 e. The molecule has 1 amide bonds. The summed E-state index contributed by atoms with van der Waals surface area (Å²) in [6.45, 7) is 2.03. The van der Waals surface area contributed by atoms with Crippen molar-refractivity contribution in [3.63, 3.8) is 0 Å². The normalized spacial score (nSPS) is 15.6. The van der Waals surface area contributed by atoms with Gasteiger partial charge in [-0.25, -0.2) is 0 Å². The number of amides is 1. The van der Waals surface area contributed by atoms with Crippen LogP contribution in [0, 0.1) is 0 Å². The summed E-state index contributed by atoms with van der Waals surface area (Å²) in [5, 5.41) is 20.7. The number of Topliss-reactive ketones (excluding diaryl/α,β-unsaturated/α-hetero) is 1. The fraction of sp³-hybridized carbons (Fsp3) is 0.138. The number of para-hydroxylation sites is 1. The maximum Gasteiger partial charge on any atom is 0.307 e. The maximum absolute atomic E-state index is 13.7. The first-order valence-corrected chi connectivity index (χ1v) is 11.6. The number of carboxylic acids is 1. The average Bonchev–Trinajstić information content (AvgIpc) is 3.43. The van der Waals surface area contributed by atoms with E-state index in [1.807, 2.05) is 43.3 Å². The summed E-state index contributed by atoms with van der Waals surface area (Å²) in [5.41, 5.74) is 3.19. The number of aliphatic carboxylic acids is 1. The minimum atomic E-state index is -0.966. The van der Waals surface area contributed by atoms with Gasteiger partial charge in [-0.2, -0.15) is 0 Å². The molecule has 3 aromatic carbocycles. The molecule has 1 aromatic heterocycles. The molecular formula is C29H23NO6. The fourth-order valence-electron chi connectivity index (χ4n) is 4.53. The molecule has 1 atom stereocenters. The molecule has 1 unspecified atom stereocenters. The first-order valence-electron chi connectivity index (χ1n) is 11.6. The van der Waals surface area contributed by atoms with E-state index in [0.717, 1.165) is 17.4 Å². The first-order chi connectivity index (χ1) is 17.4. The molecule has 0 fully saturated rings. The molecule has 1 aliphatic rings. The molecule has 5 rings (SSSR count). The number of anilines is 1.